The number of ether oxygens (including phenoxy) is 1. The molecule has 2 amide bonds. The molecule has 0 bridgehead atoms. The first-order chi connectivity index (χ1) is 9.10. The topological polar surface area (TPSA) is 63.2 Å². The summed E-state index contributed by atoms with van der Waals surface area (Å²) in [5.74, 6) is 0.577. The summed E-state index contributed by atoms with van der Waals surface area (Å²) in [6.45, 7) is 1.90. The van der Waals surface area contributed by atoms with E-state index in [-0.39, 0.29) is 18.2 Å². The molecule has 1 aliphatic carbocycles. The minimum atomic E-state index is -0.230. The third-order valence-electron chi connectivity index (χ3n) is 3.35. The molecular weight excluding hydrogens is 310 g/mol. The SMILES string of the molecule is CO[C@H]1CCC[C@H]1NC(=O)Nc1ncc(Br)cc1C. The summed E-state index contributed by atoms with van der Waals surface area (Å²) in [4.78, 5) is 16.1. The van der Waals surface area contributed by atoms with Crippen molar-refractivity contribution in [1.82, 2.24) is 10.3 Å². The van der Waals surface area contributed by atoms with E-state index >= 15 is 0 Å². The number of carbonyl (C=O) groups is 1. The first-order valence-corrected chi connectivity index (χ1v) is 7.12. The van der Waals surface area contributed by atoms with Crippen molar-refractivity contribution in [3.63, 3.8) is 0 Å². The molecule has 5 nitrogen and oxygen atoms in total. The Hall–Kier alpha value is -1.14. The van der Waals surface area contributed by atoms with E-state index in [0.29, 0.717) is 5.82 Å². The Labute approximate surface area is 121 Å². The summed E-state index contributed by atoms with van der Waals surface area (Å²) >= 11 is 3.34. The molecule has 1 fully saturated rings. The number of nitrogens with one attached hydrogen (secondary N) is 2. The van der Waals surface area contributed by atoms with Gasteiger partial charge in [0.05, 0.1) is 12.1 Å². The number of urea groups is 1. The van der Waals surface area contributed by atoms with Crippen LogP contribution in [0.4, 0.5) is 10.6 Å². The van der Waals surface area contributed by atoms with Gasteiger partial charge in [-0.2, -0.15) is 0 Å². The van der Waals surface area contributed by atoms with Crippen molar-refractivity contribution in [2.24, 2.45) is 0 Å². The number of anilines is 1. The van der Waals surface area contributed by atoms with Gasteiger partial charge in [-0.3, -0.25) is 5.32 Å². The highest BCUT2D eigenvalue weighted by atomic mass is 79.9. The fraction of sp³-hybridized carbons (Fsp3) is 0.538. The van der Waals surface area contributed by atoms with Crippen LogP contribution in [0.5, 0.6) is 0 Å². The first kappa shape index (κ1) is 14.3. The number of methoxy groups -OCH3 is 1. The summed E-state index contributed by atoms with van der Waals surface area (Å²) in [6, 6.07) is 1.77. The zero-order chi connectivity index (χ0) is 13.8. The zero-order valence-corrected chi connectivity index (χ0v) is 12.7. The number of halogens is 1. The van der Waals surface area contributed by atoms with Crippen molar-refractivity contribution in [2.75, 3.05) is 12.4 Å². The Morgan fingerprint density at radius 3 is 3.00 bits per heavy atom. The molecule has 0 aromatic carbocycles. The van der Waals surface area contributed by atoms with Gasteiger partial charge in [-0.05, 0) is 53.7 Å². The molecule has 2 N–H and O–H groups in total. The maximum atomic E-state index is 11.9. The molecule has 104 valence electrons. The summed E-state index contributed by atoms with van der Waals surface area (Å²) in [7, 11) is 1.68. The highest BCUT2D eigenvalue weighted by Crippen LogP contribution is 2.22. The molecule has 1 heterocycles. The second-order valence-electron chi connectivity index (χ2n) is 4.73. The number of hydrogen-bond acceptors (Lipinski definition) is 3. The van der Waals surface area contributed by atoms with Crippen LogP contribution in [0.1, 0.15) is 24.8 Å². The van der Waals surface area contributed by atoms with Gasteiger partial charge in [0, 0.05) is 17.8 Å². The Morgan fingerprint density at radius 2 is 2.32 bits per heavy atom. The molecule has 0 aliphatic heterocycles. The second-order valence-corrected chi connectivity index (χ2v) is 5.64. The lowest BCUT2D eigenvalue weighted by molar-refractivity contribution is 0.0882. The number of aromatic nitrogens is 1. The third kappa shape index (κ3) is 3.67. The van der Waals surface area contributed by atoms with E-state index in [1.165, 1.54) is 0 Å². The normalized spacial score (nSPS) is 22.3. The van der Waals surface area contributed by atoms with Gasteiger partial charge in [0.2, 0.25) is 0 Å². The largest absolute Gasteiger partial charge is 0.379 e. The molecule has 1 aromatic rings. The minimum absolute atomic E-state index is 0.0840. The summed E-state index contributed by atoms with van der Waals surface area (Å²) < 4.78 is 6.24. The Kier molecular flexibility index (Phi) is 4.76. The van der Waals surface area contributed by atoms with E-state index in [4.69, 9.17) is 4.74 Å². The van der Waals surface area contributed by atoms with E-state index < -0.39 is 0 Å². The maximum Gasteiger partial charge on any atom is 0.320 e. The van der Waals surface area contributed by atoms with Gasteiger partial charge in [-0.1, -0.05) is 0 Å². The van der Waals surface area contributed by atoms with E-state index in [9.17, 15) is 4.79 Å². The number of rotatable bonds is 3. The van der Waals surface area contributed by atoms with Crippen molar-refractivity contribution < 1.29 is 9.53 Å². The van der Waals surface area contributed by atoms with Crippen LogP contribution in [0.3, 0.4) is 0 Å². The molecule has 0 spiro atoms. The van der Waals surface area contributed by atoms with Gasteiger partial charge in [-0.15, -0.1) is 0 Å². The van der Waals surface area contributed by atoms with E-state index in [1.54, 1.807) is 13.3 Å². The van der Waals surface area contributed by atoms with Crippen molar-refractivity contribution in [3.05, 3.63) is 22.3 Å². The van der Waals surface area contributed by atoms with Gasteiger partial charge < -0.3 is 10.1 Å². The maximum absolute atomic E-state index is 11.9. The Morgan fingerprint density at radius 1 is 1.53 bits per heavy atom. The zero-order valence-electron chi connectivity index (χ0n) is 11.1. The van der Waals surface area contributed by atoms with Crippen LogP contribution >= 0.6 is 15.9 Å². The molecule has 0 saturated heterocycles. The van der Waals surface area contributed by atoms with Crippen molar-refractivity contribution in [2.45, 2.75) is 38.3 Å². The van der Waals surface area contributed by atoms with Gasteiger partial charge in [0.1, 0.15) is 5.82 Å². The molecule has 0 radical (unpaired) electrons. The van der Waals surface area contributed by atoms with Crippen molar-refractivity contribution >= 4 is 27.8 Å². The fourth-order valence-corrected chi connectivity index (χ4v) is 2.80. The first-order valence-electron chi connectivity index (χ1n) is 6.32. The van der Waals surface area contributed by atoms with Crippen LogP contribution in [0.25, 0.3) is 0 Å². The highest BCUT2D eigenvalue weighted by molar-refractivity contribution is 9.10. The van der Waals surface area contributed by atoms with Crippen molar-refractivity contribution in [3.8, 4) is 0 Å². The fourth-order valence-electron chi connectivity index (χ4n) is 2.36. The highest BCUT2D eigenvalue weighted by Gasteiger charge is 2.28. The smallest absolute Gasteiger partial charge is 0.320 e. The number of carbonyl (C=O) groups excluding carboxylic acids is 1. The van der Waals surface area contributed by atoms with Gasteiger partial charge in [0.15, 0.2) is 0 Å². The third-order valence-corrected chi connectivity index (χ3v) is 3.78. The number of aryl methyl sites for hydroxylation is 1. The molecule has 19 heavy (non-hydrogen) atoms. The van der Waals surface area contributed by atoms with Crippen LogP contribution in [-0.4, -0.2) is 30.3 Å². The summed E-state index contributed by atoms with van der Waals surface area (Å²) in [6.07, 6.45) is 4.81. The molecule has 1 aliphatic rings. The molecule has 2 rings (SSSR count). The van der Waals surface area contributed by atoms with Crippen LogP contribution in [0, 0.1) is 6.92 Å². The lowest BCUT2D eigenvalue weighted by atomic mass is 10.2. The summed E-state index contributed by atoms with van der Waals surface area (Å²) in [5, 5.41) is 5.71. The Bertz CT molecular complexity index is 467. The predicted molar refractivity (Wildman–Crippen MR) is 77.3 cm³/mol. The number of amides is 2. The van der Waals surface area contributed by atoms with E-state index in [0.717, 1.165) is 29.3 Å². The van der Waals surface area contributed by atoms with Crippen molar-refractivity contribution in [1.29, 1.82) is 0 Å². The standard InChI is InChI=1S/C13H18BrN3O2/c1-8-6-9(14)7-15-12(8)17-13(18)16-10-4-3-5-11(10)19-2/h6-7,10-11H,3-5H2,1-2H3,(H2,15,16,17,18)/t10-,11+/m1/s1. The van der Waals surface area contributed by atoms with Gasteiger partial charge in [0.25, 0.3) is 0 Å². The van der Waals surface area contributed by atoms with Crippen LogP contribution in [0.15, 0.2) is 16.7 Å². The average Bonchev–Trinajstić information content (AvgIpc) is 2.80. The Balaban J connectivity index is 1.94. The minimum Gasteiger partial charge on any atom is -0.379 e. The monoisotopic (exact) mass is 327 g/mol. The lowest BCUT2D eigenvalue weighted by Crippen LogP contribution is -2.43. The summed E-state index contributed by atoms with van der Waals surface area (Å²) in [5.41, 5.74) is 0.916. The number of pyridine rings is 1. The van der Waals surface area contributed by atoms with Gasteiger partial charge >= 0.3 is 6.03 Å². The van der Waals surface area contributed by atoms with Crippen LogP contribution < -0.4 is 10.6 Å². The molecule has 0 unspecified atom stereocenters. The van der Waals surface area contributed by atoms with Crippen LogP contribution in [0.2, 0.25) is 0 Å². The van der Waals surface area contributed by atoms with E-state index in [1.807, 2.05) is 13.0 Å². The van der Waals surface area contributed by atoms with Gasteiger partial charge in [-0.25, -0.2) is 9.78 Å². The molecule has 1 aromatic heterocycles. The average molecular weight is 328 g/mol. The number of hydrogen-bond donors (Lipinski definition) is 2. The van der Waals surface area contributed by atoms with E-state index in [2.05, 4.69) is 31.5 Å². The van der Waals surface area contributed by atoms with Crippen LogP contribution in [-0.2, 0) is 4.74 Å². The molecule has 2 atom stereocenters. The lowest BCUT2D eigenvalue weighted by Gasteiger charge is -2.20. The molecular formula is C13H18BrN3O2. The molecule has 1 saturated carbocycles. The predicted octanol–water partition coefficient (Wildman–Crippen LogP) is 2.84. The quantitative estimate of drug-likeness (QED) is 0.897. The second kappa shape index (κ2) is 6.34. The molecule has 6 heteroatoms. The number of nitrogens with zero attached hydrogens (tertiary/aromatic N) is 1.